The summed E-state index contributed by atoms with van der Waals surface area (Å²) in [5.74, 6) is 0.274. The molecule has 3 rings (SSSR count). The van der Waals surface area contributed by atoms with E-state index in [0.717, 1.165) is 21.9 Å². The first-order valence-corrected chi connectivity index (χ1v) is 16.0. The first-order chi connectivity index (χ1) is 20.9. The predicted octanol–water partition coefficient (Wildman–Crippen LogP) is 4.94. The van der Waals surface area contributed by atoms with E-state index in [4.69, 9.17) is 14.2 Å². The summed E-state index contributed by atoms with van der Waals surface area (Å²) in [5.41, 5.74) is 2.11. The van der Waals surface area contributed by atoms with Crippen molar-refractivity contribution in [2.75, 3.05) is 31.7 Å². The van der Waals surface area contributed by atoms with Crippen molar-refractivity contribution in [1.29, 1.82) is 0 Å². The topological polar surface area (TPSA) is 114 Å². The van der Waals surface area contributed by atoms with Gasteiger partial charge in [0.05, 0.1) is 31.4 Å². The Balaban J connectivity index is 2.07. The molecule has 0 aliphatic carbocycles. The summed E-state index contributed by atoms with van der Waals surface area (Å²) in [4.78, 5) is 28.7. The van der Waals surface area contributed by atoms with Gasteiger partial charge >= 0.3 is 0 Å². The van der Waals surface area contributed by atoms with Gasteiger partial charge in [0.25, 0.3) is 10.0 Å². The van der Waals surface area contributed by atoms with Gasteiger partial charge in [-0.1, -0.05) is 36.8 Å². The number of methoxy groups -OCH3 is 2. The fourth-order valence-corrected chi connectivity index (χ4v) is 5.88. The Morgan fingerprint density at radius 2 is 1.52 bits per heavy atom. The zero-order valence-corrected chi connectivity index (χ0v) is 27.3. The lowest BCUT2D eigenvalue weighted by atomic mass is 10.1. The van der Waals surface area contributed by atoms with Crippen LogP contribution < -0.4 is 23.8 Å². The number of carbonyl (C=O) groups is 2. The summed E-state index contributed by atoms with van der Waals surface area (Å²) in [6, 6.07) is 17.4. The molecule has 0 aromatic heterocycles. The maximum Gasteiger partial charge on any atom is 0.264 e. The molecule has 2 amide bonds. The molecule has 0 aliphatic rings. The Labute approximate surface area is 261 Å². The molecular formula is C33H43N3O7S. The number of carbonyl (C=O) groups excluding carboxylic acids is 2. The standard InChI is InChI=1S/C33H43N3O7S/c1-8-24(4)34-33(38)25(5)35(21-26-12-10-23(3)11-13-26)32(37)22-36(27-14-16-28(17-15-27)43-9-2)44(39,40)29-18-19-30(41-6)31(20-29)42-7/h10-20,24-25H,8-9,21-22H2,1-7H3,(H,34,38)/t24-,25-/m1/s1. The third kappa shape index (κ3) is 8.43. The molecule has 3 aromatic rings. The molecule has 0 bridgehead atoms. The number of benzene rings is 3. The predicted molar refractivity (Wildman–Crippen MR) is 171 cm³/mol. The monoisotopic (exact) mass is 625 g/mol. The van der Waals surface area contributed by atoms with E-state index < -0.39 is 28.5 Å². The molecule has 238 valence electrons. The van der Waals surface area contributed by atoms with E-state index in [1.807, 2.05) is 52.0 Å². The number of anilines is 1. The first kappa shape index (κ1) is 34.2. The smallest absolute Gasteiger partial charge is 0.264 e. The minimum Gasteiger partial charge on any atom is -0.494 e. The van der Waals surface area contributed by atoms with Crippen molar-refractivity contribution in [3.05, 3.63) is 77.9 Å². The molecule has 0 saturated carbocycles. The quantitative estimate of drug-likeness (QED) is 0.255. The van der Waals surface area contributed by atoms with E-state index in [0.29, 0.717) is 18.1 Å². The van der Waals surface area contributed by atoms with Crippen LogP contribution in [0.2, 0.25) is 0 Å². The van der Waals surface area contributed by atoms with Gasteiger partial charge in [0.2, 0.25) is 11.8 Å². The van der Waals surface area contributed by atoms with Crippen molar-refractivity contribution in [2.24, 2.45) is 0 Å². The van der Waals surface area contributed by atoms with Crippen LogP contribution in [0.25, 0.3) is 0 Å². The molecule has 0 saturated heterocycles. The molecule has 2 atom stereocenters. The van der Waals surface area contributed by atoms with Crippen LogP contribution in [0.3, 0.4) is 0 Å². The van der Waals surface area contributed by atoms with Crippen molar-refractivity contribution in [2.45, 2.75) is 64.6 Å². The fraction of sp³-hybridized carbons (Fsp3) is 0.394. The second kappa shape index (κ2) is 15.5. The fourth-order valence-electron chi connectivity index (χ4n) is 4.45. The summed E-state index contributed by atoms with van der Waals surface area (Å²) < 4.78 is 45.6. The molecule has 0 unspecified atom stereocenters. The zero-order chi connectivity index (χ0) is 32.4. The van der Waals surface area contributed by atoms with Crippen LogP contribution in [0.4, 0.5) is 5.69 Å². The Bertz CT molecular complexity index is 1510. The Morgan fingerprint density at radius 3 is 2.09 bits per heavy atom. The summed E-state index contributed by atoms with van der Waals surface area (Å²) >= 11 is 0. The molecule has 0 fully saturated rings. The number of hydrogen-bond donors (Lipinski definition) is 1. The summed E-state index contributed by atoms with van der Waals surface area (Å²) in [5, 5.41) is 2.94. The lowest BCUT2D eigenvalue weighted by Crippen LogP contribution is -2.52. The molecule has 0 aliphatic heterocycles. The number of nitrogens with one attached hydrogen (secondary N) is 1. The van der Waals surface area contributed by atoms with Gasteiger partial charge in [0, 0.05) is 18.7 Å². The third-order valence-corrected chi connectivity index (χ3v) is 9.07. The van der Waals surface area contributed by atoms with Crippen molar-refractivity contribution < 1.29 is 32.2 Å². The minimum absolute atomic E-state index is 0.0907. The van der Waals surface area contributed by atoms with Crippen LogP contribution in [-0.4, -0.2) is 64.6 Å². The third-order valence-electron chi connectivity index (χ3n) is 7.30. The van der Waals surface area contributed by atoms with Gasteiger partial charge in [-0.15, -0.1) is 0 Å². The number of hydrogen-bond acceptors (Lipinski definition) is 7. The number of amides is 2. The van der Waals surface area contributed by atoms with Crippen LogP contribution in [0.15, 0.2) is 71.6 Å². The van der Waals surface area contributed by atoms with E-state index >= 15 is 0 Å². The van der Waals surface area contributed by atoms with E-state index in [9.17, 15) is 18.0 Å². The van der Waals surface area contributed by atoms with E-state index in [1.165, 1.54) is 37.3 Å². The highest BCUT2D eigenvalue weighted by molar-refractivity contribution is 7.92. The Kier molecular flexibility index (Phi) is 12.0. The van der Waals surface area contributed by atoms with Crippen LogP contribution in [0, 0.1) is 6.92 Å². The number of nitrogens with zero attached hydrogens (tertiary/aromatic N) is 2. The van der Waals surface area contributed by atoms with Crippen molar-refractivity contribution >= 4 is 27.5 Å². The number of rotatable bonds is 15. The molecule has 10 nitrogen and oxygen atoms in total. The van der Waals surface area contributed by atoms with Gasteiger partial charge in [0.1, 0.15) is 18.3 Å². The lowest BCUT2D eigenvalue weighted by molar-refractivity contribution is -0.139. The highest BCUT2D eigenvalue weighted by atomic mass is 32.2. The second-order valence-electron chi connectivity index (χ2n) is 10.5. The van der Waals surface area contributed by atoms with Crippen molar-refractivity contribution in [3.8, 4) is 17.2 Å². The molecular weight excluding hydrogens is 582 g/mol. The molecule has 11 heteroatoms. The Hall–Kier alpha value is -4.25. The van der Waals surface area contributed by atoms with Crippen molar-refractivity contribution in [3.63, 3.8) is 0 Å². The SMILES string of the molecule is CCOc1ccc(N(CC(=O)N(Cc2ccc(C)cc2)[C@H](C)C(=O)N[C@H](C)CC)S(=O)(=O)c2ccc(OC)c(OC)c2)cc1. The molecule has 3 aromatic carbocycles. The van der Waals surface area contributed by atoms with Crippen LogP contribution in [-0.2, 0) is 26.2 Å². The zero-order valence-electron chi connectivity index (χ0n) is 26.5. The summed E-state index contributed by atoms with van der Waals surface area (Å²) in [6.07, 6.45) is 0.722. The normalized spacial score (nSPS) is 12.5. The average molecular weight is 626 g/mol. The maximum absolute atomic E-state index is 14.2. The first-order valence-electron chi connectivity index (χ1n) is 14.6. The van der Waals surface area contributed by atoms with Crippen LogP contribution in [0.5, 0.6) is 17.2 Å². The van der Waals surface area contributed by atoms with E-state index in [2.05, 4.69) is 5.32 Å². The highest BCUT2D eigenvalue weighted by Crippen LogP contribution is 2.33. The number of ether oxygens (including phenoxy) is 3. The van der Waals surface area contributed by atoms with Gasteiger partial charge in [0.15, 0.2) is 11.5 Å². The largest absolute Gasteiger partial charge is 0.494 e. The minimum atomic E-state index is -4.30. The average Bonchev–Trinajstić information content (AvgIpc) is 3.02. The molecule has 44 heavy (non-hydrogen) atoms. The highest BCUT2D eigenvalue weighted by Gasteiger charge is 2.33. The molecule has 0 radical (unpaired) electrons. The van der Waals surface area contributed by atoms with Gasteiger partial charge in [-0.3, -0.25) is 13.9 Å². The summed E-state index contributed by atoms with van der Waals surface area (Å²) in [7, 11) is -1.43. The van der Waals surface area contributed by atoms with Gasteiger partial charge < -0.3 is 24.4 Å². The van der Waals surface area contributed by atoms with Crippen LogP contribution in [0.1, 0.15) is 45.2 Å². The van der Waals surface area contributed by atoms with Crippen molar-refractivity contribution in [1.82, 2.24) is 10.2 Å². The lowest BCUT2D eigenvalue weighted by Gasteiger charge is -2.32. The molecule has 1 N–H and O–H groups in total. The number of sulfonamides is 1. The van der Waals surface area contributed by atoms with Gasteiger partial charge in [-0.05, 0) is 76.1 Å². The van der Waals surface area contributed by atoms with E-state index in [-0.39, 0.29) is 34.8 Å². The summed E-state index contributed by atoms with van der Waals surface area (Å²) in [6.45, 7) is 9.30. The van der Waals surface area contributed by atoms with E-state index in [1.54, 1.807) is 31.2 Å². The Morgan fingerprint density at radius 1 is 0.886 bits per heavy atom. The van der Waals surface area contributed by atoms with Gasteiger partial charge in [-0.2, -0.15) is 0 Å². The molecule has 0 spiro atoms. The molecule has 0 heterocycles. The van der Waals surface area contributed by atoms with Crippen LogP contribution >= 0.6 is 0 Å². The van der Waals surface area contributed by atoms with Gasteiger partial charge in [-0.25, -0.2) is 8.42 Å². The second-order valence-corrected chi connectivity index (χ2v) is 12.3. The maximum atomic E-state index is 14.2. The number of aryl methyl sites for hydroxylation is 1.